The van der Waals surface area contributed by atoms with E-state index in [0.717, 1.165) is 12.3 Å². The zero-order valence-corrected chi connectivity index (χ0v) is 11.0. The maximum Gasteiger partial charge on any atom is 0.271 e. The summed E-state index contributed by atoms with van der Waals surface area (Å²) in [6.45, 7) is 0.677. The van der Waals surface area contributed by atoms with Crippen LogP contribution in [0.1, 0.15) is 42.6 Å². The number of halogens is 1. The number of nitrogen functional groups attached to an aromatic ring is 1. The summed E-state index contributed by atoms with van der Waals surface area (Å²) < 4.78 is 0. The van der Waals surface area contributed by atoms with Crippen molar-refractivity contribution in [2.24, 2.45) is 5.92 Å². The third-order valence-electron chi connectivity index (χ3n) is 3.40. The molecule has 18 heavy (non-hydrogen) atoms. The van der Waals surface area contributed by atoms with Crippen molar-refractivity contribution in [1.29, 1.82) is 0 Å². The zero-order chi connectivity index (χ0) is 13.0. The molecule has 4 nitrogen and oxygen atoms in total. The number of nitrogens with zero attached hydrogens (tertiary/aromatic N) is 1. The lowest BCUT2D eigenvalue weighted by Crippen LogP contribution is -2.27. The van der Waals surface area contributed by atoms with Crippen LogP contribution >= 0.6 is 11.6 Å². The predicted molar refractivity (Wildman–Crippen MR) is 72.6 cm³/mol. The molecule has 1 saturated carbocycles. The van der Waals surface area contributed by atoms with Gasteiger partial charge in [-0.15, -0.1) is 0 Å². The molecule has 0 atom stereocenters. The average Bonchev–Trinajstić information content (AvgIpc) is 2.85. The van der Waals surface area contributed by atoms with Crippen LogP contribution in [-0.2, 0) is 0 Å². The van der Waals surface area contributed by atoms with Gasteiger partial charge in [0.15, 0.2) is 0 Å². The second-order valence-electron chi connectivity index (χ2n) is 4.76. The molecule has 2 rings (SSSR count). The van der Waals surface area contributed by atoms with E-state index in [0.29, 0.717) is 17.4 Å². The molecule has 0 spiro atoms. The maximum absolute atomic E-state index is 11.9. The number of hydrogen-bond acceptors (Lipinski definition) is 3. The standard InChI is InChI=1S/C13H18ClN3O/c14-10-5-6-11(15)17-12(10)13(18)16-8-7-9-3-1-2-4-9/h5-6,9H,1-4,7-8H2,(H2,15,17)(H,16,18). The molecular formula is C13H18ClN3O. The van der Waals surface area contributed by atoms with Gasteiger partial charge in [-0.25, -0.2) is 4.98 Å². The van der Waals surface area contributed by atoms with Crippen molar-refractivity contribution in [1.82, 2.24) is 10.3 Å². The van der Waals surface area contributed by atoms with Gasteiger partial charge in [-0.05, 0) is 24.5 Å². The van der Waals surface area contributed by atoms with Crippen LogP contribution in [0.15, 0.2) is 12.1 Å². The first-order valence-corrected chi connectivity index (χ1v) is 6.75. The number of hydrogen-bond donors (Lipinski definition) is 2. The van der Waals surface area contributed by atoms with Gasteiger partial charge < -0.3 is 11.1 Å². The van der Waals surface area contributed by atoms with Crippen molar-refractivity contribution in [3.05, 3.63) is 22.8 Å². The highest BCUT2D eigenvalue weighted by Crippen LogP contribution is 2.26. The minimum atomic E-state index is -0.245. The van der Waals surface area contributed by atoms with Gasteiger partial charge in [0.25, 0.3) is 5.91 Å². The Hall–Kier alpha value is -1.29. The number of amides is 1. The number of rotatable bonds is 4. The Labute approximate surface area is 112 Å². The number of pyridine rings is 1. The Morgan fingerprint density at radius 2 is 2.17 bits per heavy atom. The van der Waals surface area contributed by atoms with Gasteiger partial charge in [-0.3, -0.25) is 4.79 Å². The van der Waals surface area contributed by atoms with E-state index < -0.39 is 0 Å². The minimum Gasteiger partial charge on any atom is -0.384 e. The van der Waals surface area contributed by atoms with Crippen molar-refractivity contribution < 1.29 is 4.79 Å². The third kappa shape index (κ3) is 3.35. The van der Waals surface area contributed by atoms with E-state index in [4.69, 9.17) is 17.3 Å². The van der Waals surface area contributed by atoms with Crippen molar-refractivity contribution in [3.63, 3.8) is 0 Å². The summed E-state index contributed by atoms with van der Waals surface area (Å²) in [4.78, 5) is 15.8. The van der Waals surface area contributed by atoms with Crippen LogP contribution in [0.2, 0.25) is 5.02 Å². The SMILES string of the molecule is Nc1ccc(Cl)c(C(=O)NCCC2CCCC2)n1. The molecule has 1 aliphatic carbocycles. The molecule has 1 heterocycles. The molecule has 1 aliphatic rings. The number of anilines is 1. The number of carbonyl (C=O) groups excluding carboxylic acids is 1. The molecule has 0 saturated heterocycles. The quantitative estimate of drug-likeness (QED) is 0.881. The maximum atomic E-state index is 11.9. The van der Waals surface area contributed by atoms with E-state index in [1.165, 1.54) is 25.7 Å². The molecule has 0 bridgehead atoms. The van der Waals surface area contributed by atoms with Crippen LogP contribution in [0.5, 0.6) is 0 Å². The fourth-order valence-electron chi connectivity index (χ4n) is 2.39. The lowest BCUT2D eigenvalue weighted by Gasteiger charge is -2.10. The van der Waals surface area contributed by atoms with Crippen LogP contribution in [0.4, 0.5) is 5.82 Å². The van der Waals surface area contributed by atoms with Gasteiger partial charge in [0.1, 0.15) is 11.5 Å². The molecule has 1 aromatic rings. The Morgan fingerprint density at radius 1 is 1.44 bits per heavy atom. The largest absolute Gasteiger partial charge is 0.384 e. The van der Waals surface area contributed by atoms with E-state index in [2.05, 4.69) is 10.3 Å². The Bertz CT molecular complexity index is 430. The molecule has 0 aliphatic heterocycles. The van der Waals surface area contributed by atoms with E-state index in [1.54, 1.807) is 12.1 Å². The summed E-state index contributed by atoms with van der Waals surface area (Å²) in [6.07, 6.45) is 6.24. The first kappa shape index (κ1) is 13.1. The van der Waals surface area contributed by atoms with Gasteiger partial charge in [-0.2, -0.15) is 0 Å². The van der Waals surface area contributed by atoms with Gasteiger partial charge in [0, 0.05) is 6.54 Å². The summed E-state index contributed by atoms with van der Waals surface area (Å²) in [5.74, 6) is 0.820. The second-order valence-corrected chi connectivity index (χ2v) is 5.17. The van der Waals surface area contributed by atoms with E-state index >= 15 is 0 Å². The monoisotopic (exact) mass is 267 g/mol. The van der Waals surface area contributed by atoms with Crippen LogP contribution in [0.3, 0.4) is 0 Å². The van der Waals surface area contributed by atoms with E-state index in [9.17, 15) is 4.79 Å². The highest BCUT2D eigenvalue weighted by atomic mass is 35.5. The van der Waals surface area contributed by atoms with Crippen LogP contribution in [0.25, 0.3) is 0 Å². The molecular weight excluding hydrogens is 250 g/mol. The molecule has 5 heteroatoms. The normalized spacial score (nSPS) is 15.8. The Balaban J connectivity index is 1.85. The van der Waals surface area contributed by atoms with Crippen molar-refractivity contribution in [2.45, 2.75) is 32.1 Å². The van der Waals surface area contributed by atoms with Crippen molar-refractivity contribution in [3.8, 4) is 0 Å². The number of nitrogens with two attached hydrogens (primary N) is 1. The molecule has 0 radical (unpaired) electrons. The molecule has 0 aromatic carbocycles. The van der Waals surface area contributed by atoms with Crippen molar-refractivity contribution >= 4 is 23.3 Å². The highest BCUT2D eigenvalue weighted by Gasteiger charge is 2.16. The van der Waals surface area contributed by atoms with Gasteiger partial charge >= 0.3 is 0 Å². The lowest BCUT2D eigenvalue weighted by atomic mass is 10.0. The Morgan fingerprint density at radius 3 is 2.89 bits per heavy atom. The molecule has 3 N–H and O–H groups in total. The van der Waals surface area contributed by atoms with Crippen LogP contribution in [-0.4, -0.2) is 17.4 Å². The zero-order valence-electron chi connectivity index (χ0n) is 10.3. The summed E-state index contributed by atoms with van der Waals surface area (Å²) >= 11 is 5.92. The number of carbonyl (C=O) groups is 1. The van der Waals surface area contributed by atoms with Crippen molar-refractivity contribution in [2.75, 3.05) is 12.3 Å². The molecule has 1 aromatic heterocycles. The fourth-order valence-corrected chi connectivity index (χ4v) is 2.58. The summed E-state index contributed by atoms with van der Waals surface area (Å²) in [6, 6.07) is 3.17. The molecule has 1 amide bonds. The van der Waals surface area contributed by atoms with Crippen LogP contribution < -0.4 is 11.1 Å². The topological polar surface area (TPSA) is 68.0 Å². The number of aromatic nitrogens is 1. The molecule has 98 valence electrons. The first-order valence-electron chi connectivity index (χ1n) is 6.37. The van der Waals surface area contributed by atoms with E-state index in [1.807, 2.05) is 0 Å². The third-order valence-corrected chi connectivity index (χ3v) is 3.70. The molecule has 1 fully saturated rings. The predicted octanol–water partition coefficient (Wildman–Crippen LogP) is 2.63. The van der Waals surface area contributed by atoms with Gasteiger partial charge in [-0.1, -0.05) is 37.3 Å². The molecule has 0 unspecified atom stereocenters. The summed E-state index contributed by atoms with van der Waals surface area (Å²) in [7, 11) is 0. The van der Waals surface area contributed by atoms with Crippen LogP contribution in [0, 0.1) is 5.92 Å². The van der Waals surface area contributed by atoms with Gasteiger partial charge in [0.2, 0.25) is 0 Å². The van der Waals surface area contributed by atoms with E-state index in [-0.39, 0.29) is 11.6 Å². The summed E-state index contributed by atoms with van der Waals surface area (Å²) in [5.41, 5.74) is 5.75. The second kappa shape index (κ2) is 6.05. The highest BCUT2D eigenvalue weighted by molar-refractivity contribution is 6.33. The minimum absolute atomic E-state index is 0.211. The fraction of sp³-hybridized carbons (Fsp3) is 0.538. The smallest absolute Gasteiger partial charge is 0.271 e. The summed E-state index contributed by atoms with van der Waals surface area (Å²) in [5, 5.41) is 3.19. The average molecular weight is 268 g/mol. The van der Waals surface area contributed by atoms with Gasteiger partial charge in [0.05, 0.1) is 5.02 Å². The lowest BCUT2D eigenvalue weighted by molar-refractivity contribution is 0.0947. The first-order chi connectivity index (χ1) is 8.66. The number of nitrogens with one attached hydrogen (secondary N) is 1. The Kier molecular flexibility index (Phi) is 4.42.